The minimum atomic E-state index is -0.599. The molecular weight excluding hydrogens is 330 g/mol. The Morgan fingerprint density at radius 1 is 1.35 bits per heavy atom. The first kappa shape index (κ1) is 17.7. The van der Waals surface area contributed by atoms with Crippen molar-refractivity contribution in [2.75, 3.05) is 11.1 Å². The summed E-state index contributed by atoms with van der Waals surface area (Å²) in [4.78, 5) is 12.2. The maximum absolute atomic E-state index is 12.2. The summed E-state index contributed by atoms with van der Waals surface area (Å²) >= 11 is 3.03. The molecule has 1 N–H and O–H groups in total. The van der Waals surface area contributed by atoms with Crippen LogP contribution in [0.1, 0.15) is 32.8 Å². The lowest BCUT2D eigenvalue weighted by Crippen LogP contribution is -2.30. The molecule has 1 aromatic carbocycles. The maximum atomic E-state index is 12.2. The van der Waals surface area contributed by atoms with Gasteiger partial charge in [0.15, 0.2) is 10.4 Å². The number of ether oxygens (including phenoxy) is 1. The second-order valence-electron chi connectivity index (χ2n) is 4.93. The molecular formula is C16H21N3O2S2. The van der Waals surface area contributed by atoms with Gasteiger partial charge in [0.05, 0.1) is 0 Å². The number of carbonyl (C=O) groups excluding carboxylic acids is 1. The molecule has 124 valence electrons. The molecule has 1 amide bonds. The Labute approximate surface area is 144 Å². The monoisotopic (exact) mass is 351 g/mol. The van der Waals surface area contributed by atoms with Gasteiger partial charge in [-0.3, -0.25) is 10.1 Å². The summed E-state index contributed by atoms with van der Waals surface area (Å²) < 4.78 is 6.65. The van der Waals surface area contributed by atoms with Gasteiger partial charge >= 0.3 is 0 Å². The van der Waals surface area contributed by atoms with Crippen LogP contribution in [0.5, 0.6) is 5.75 Å². The summed E-state index contributed by atoms with van der Waals surface area (Å²) in [6, 6.07) is 7.75. The molecule has 0 bridgehead atoms. The topological polar surface area (TPSA) is 64.1 Å². The predicted octanol–water partition coefficient (Wildman–Crippen LogP) is 4.01. The number of para-hydroxylation sites is 1. The van der Waals surface area contributed by atoms with Crippen LogP contribution in [0.3, 0.4) is 0 Å². The highest BCUT2D eigenvalue weighted by atomic mass is 32.2. The van der Waals surface area contributed by atoms with Gasteiger partial charge in [-0.25, -0.2) is 0 Å². The molecule has 0 saturated heterocycles. The number of nitrogens with one attached hydrogen (secondary N) is 1. The molecule has 23 heavy (non-hydrogen) atoms. The van der Waals surface area contributed by atoms with E-state index in [-0.39, 0.29) is 5.91 Å². The number of hydrogen-bond donors (Lipinski definition) is 1. The van der Waals surface area contributed by atoms with Crippen molar-refractivity contribution in [1.82, 2.24) is 10.2 Å². The van der Waals surface area contributed by atoms with Crippen molar-refractivity contribution in [3.63, 3.8) is 0 Å². The van der Waals surface area contributed by atoms with Gasteiger partial charge in [0.2, 0.25) is 5.13 Å². The lowest BCUT2D eigenvalue weighted by atomic mass is 10.1. The smallest absolute Gasteiger partial charge is 0.266 e. The predicted molar refractivity (Wildman–Crippen MR) is 95.5 cm³/mol. The summed E-state index contributed by atoms with van der Waals surface area (Å²) in [5.74, 6) is 1.52. The molecule has 0 saturated carbocycles. The van der Waals surface area contributed by atoms with E-state index in [1.807, 2.05) is 24.3 Å². The number of rotatable bonds is 8. The number of anilines is 1. The van der Waals surface area contributed by atoms with Gasteiger partial charge in [-0.2, -0.15) is 0 Å². The molecule has 0 aliphatic carbocycles. The van der Waals surface area contributed by atoms with Crippen LogP contribution in [0.4, 0.5) is 5.13 Å². The minimum absolute atomic E-state index is 0.223. The number of amides is 1. The van der Waals surface area contributed by atoms with E-state index in [0.717, 1.165) is 34.2 Å². The average Bonchev–Trinajstić information content (AvgIpc) is 3.00. The molecule has 7 heteroatoms. The van der Waals surface area contributed by atoms with E-state index in [0.29, 0.717) is 5.13 Å². The van der Waals surface area contributed by atoms with E-state index in [9.17, 15) is 4.79 Å². The Balaban J connectivity index is 1.93. The van der Waals surface area contributed by atoms with Crippen molar-refractivity contribution in [2.45, 2.75) is 44.1 Å². The van der Waals surface area contributed by atoms with Crippen molar-refractivity contribution >= 4 is 34.1 Å². The van der Waals surface area contributed by atoms with Crippen LogP contribution in [0.15, 0.2) is 28.6 Å². The summed E-state index contributed by atoms with van der Waals surface area (Å²) in [7, 11) is 0. The molecule has 0 radical (unpaired) electrons. The van der Waals surface area contributed by atoms with Crippen molar-refractivity contribution in [3.05, 3.63) is 29.8 Å². The van der Waals surface area contributed by atoms with E-state index in [2.05, 4.69) is 29.4 Å². The quantitative estimate of drug-likeness (QED) is 0.575. The lowest BCUT2D eigenvalue weighted by molar-refractivity contribution is -0.122. The van der Waals surface area contributed by atoms with Gasteiger partial charge in [-0.05, 0) is 31.4 Å². The largest absolute Gasteiger partial charge is 0.481 e. The second kappa shape index (κ2) is 8.88. The molecule has 1 atom stereocenters. The van der Waals surface area contributed by atoms with E-state index in [4.69, 9.17) is 4.74 Å². The number of aryl methyl sites for hydroxylation is 1. The van der Waals surface area contributed by atoms with Crippen LogP contribution < -0.4 is 10.1 Å². The van der Waals surface area contributed by atoms with Crippen LogP contribution in [-0.4, -0.2) is 28.0 Å². The zero-order chi connectivity index (χ0) is 16.7. The van der Waals surface area contributed by atoms with E-state index < -0.39 is 6.10 Å². The first-order chi connectivity index (χ1) is 11.1. The van der Waals surface area contributed by atoms with Crippen molar-refractivity contribution in [2.24, 2.45) is 0 Å². The van der Waals surface area contributed by atoms with Gasteiger partial charge in [-0.15, -0.1) is 10.2 Å². The molecule has 2 aromatic rings. The van der Waals surface area contributed by atoms with Gasteiger partial charge in [0, 0.05) is 5.75 Å². The number of aromatic nitrogens is 2. The fourth-order valence-corrected chi connectivity index (χ4v) is 3.55. The highest BCUT2D eigenvalue weighted by molar-refractivity contribution is 8.01. The number of benzene rings is 1. The molecule has 2 rings (SSSR count). The molecule has 0 unspecified atom stereocenters. The number of hydrogen-bond acceptors (Lipinski definition) is 6. The Bertz CT molecular complexity index is 646. The summed E-state index contributed by atoms with van der Waals surface area (Å²) in [6.45, 7) is 5.91. The third-order valence-corrected chi connectivity index (χ3v) is 5.27. The first-order valence-corrected chi connectivity index (χ1v) is 9.46. The summed E-state index contributed by atoms with van der Waals surface area (Å²) in [5, 5.41) is 11.3. The SMILES string of the molecule is CCCSc1nnc(NC(=O)[C@@H](C)Oc2ccccc2CC)s1. The molecule has 0 aliphatic heterocycles. The number of thioether (sulfide) groups is 1. The first-order valence-electron chi connectivity index (χ1n) is 7.65. The zero-order valence-corrected chi connectivity index (χ0v) is 15.2. The Kier molecular flexibility index (Phi) is 6.85. The van der Waals surface area contributed by atoms with E-state index in [1.165, 1.54) is 11.3 Å². The van der Waals surface area contributed by atoms with Crippen molar-refractivity contribution in [3.8, 4) is 5.75 Å². The van der Waals surface area contributed by atoms with E-state index in [1.54, 1.807) is 18.7 Å². The van der Waals surface area contributed by atoms with Gasteiger partial charge in [0.25, 0.3) is 5.91 Å². The number of nitrogens with zero attached hydrogens (tertiary/aromatic N) is 2. The van der Waals surface area contributed by atoms with Crippen LogP contribution in [0.25, 0.3) is 0 Å². The van der Waals surface area contributed by atoms with Crippen LogP contribution in [0, 0.1) is 0 Å². The Hall–Kier alpha value is -1.60. The fraction of sp³-hybridized carbons (Fsp3) is 0.438. The molecule has 5 nitrogen and oxygen atoms in total. The van der Waals surface area contributed by atoms with Crippen molar-refractivity contribution in [1.29, 1.82) is 0 Å². The highest BCUT2D eigenvalue weighted by Gasteiger charge is 2.18. The van der Waals surface area contributed by atoms with Gasteiger partial charge in [0.1, 0.15) is 5.75 Å². The van der Waals surface area contributed by atoms with Crippen LogP contribution >= 0.6 is 23.1 Å². The van der Waals surface area contributed by atoms with Crippen LogP contribution in [0.2, 0.25) is 0 Å². The standard InChI is InChI=1S/C16H21N3O2S2/c1-4-10-22-16-19-18-15(23-16)17-14(20)11(3)21-13-9-7-6-8-12(13)5-2/h6-9,11H,4-5,10H2,1-3H3,(H,17,18,20)/t11-/m1/s1. The molecule has 0 aliphatic rings. The third kappa shape index (κ3) is 5.21. The van der Waals surface area contributed by atoms with Crippen LogP contribution in [-0.2, 0) is 11.2 Å². The maximum Gasteiger partial charge on any atom is 0.266 e. The van der Waals surface area contributed by atoms with Gasteiger partial charge in [-0.1, -0.05) is 55.1 Å². The van der Waals surface area contributed by atoms with Crippen molar-refractivity contribution < 1.29 is 9.53 Å². The summed E-state index contributed by atoms with van der Waals surface area (Å²) in [6.07, 6.45) is 1.34. The van der Waals surface area contributed by atoms with E-state index >= 15 is 0 Å². The Morgan fingerprint density at radius 3 is 2.87 bits per heavy atom. The minimum Gasteiger partial charge on any atom is -0.481 e. The molecule has 0 fully saturated rings. The normalized spacial score (nSPS) is 12.0. The van der Waals surface area contributed by atoms with Gasteiger partial charge < -0.3 is 4.74 Å². The molecule has 1 aromatic heterocycles. The molecule has 1 heterocycles. The summed E-state index contributed by atoms with van der Waals surface area (Å²) in [5.41, 5.74) is 1.08. The fourth-order valence-electron chi connectivity index (χ4n) is 1.87. The molecule has 0 spiro atoms. The highest BCUT2D eigenvalue weighted by Crippen LogP contribution is 2.26. The second-order valence-corrected chi connectivity index (χ2v) is 7.25. The Morgan fingerprint density at radius 2 is 2.13 bits per heavy atom. The third-order valence-electron chi connectivity index (χ3n) is 3.09. The lowest BCUT2D eigenvalue weighted by Gasteiger charge is -2.15. The number of carbonyl (C=O) groups is 1. The average molecular weight is 351 g/mol. The zero-order valence-electron chi connectivity index (χ0n) is 13.5.